The zero-order chi connectivity index (χ0) is 29.5. The van der Waals surface area contributed by atoms with Gasteiger partial charge in [-0.15, -0.1) is 0 Å². The molecule has 220 valence electrons. The number of rotatable bonds is 9. The quantitative estimate of drug-likeness (QED) is 0.205. The third-order valence-corrected chi connectivity index (χ3v) is 7.11. The van der Waals surface area contributed by atoms with Crippen LogP contribution in [0.15, 0.2) is 53.7 Å². The van der Waals surface area contributed by atoms with Crippen molar-refractivity contribution < 1.29 is 32.6 Å². The second-order valence-electron chi connectivity index (χ2n) is 9.70. The summed E-state index contributed by atoms with van der Waals surface area (Å²) in [6, 6.07) is 7.79. The summed E-state index contributed by atoms with van der Waals surface area (Å²) in [7, 11) is 2.49. The van der Waals surface area contributed by atoms with Crippen molar-refractivity contribution in [1.29, 1.82) is 0 Å². The fourth-order valence-corrected chi connectivity index (χ4v) is 5.11. The Bertz CT molecular complexity index is 1310. The molecule has 0 radical (unpaired) electrons. The van der Waals surface area contributed by atoms with Crippen molar-refractivity contribution in [3.63, 3.8) is 0 Å². The lowest BCUT2D eigenvalue weighted by atomic mass is 9.93. The molecule has 1 unspecified atom stereocenters. The molecular weight excluding hydrogens is 538 g/mol. The molecule has 2 aliphatic heterocycles. The summed E-state index contributed by atoms with van der Waals surface area (Å²) in [6.45, 7) is 2.06. The molecule has 11 nitrogen and oxygen atoms in total. The monoisotopic (exact) mass is 572 g/mol. The smallest absolute Gasteiger partial charge is 0.338 e. The molecule has 13 heteroatoms. The van der Waals surface area contributed by atoms with Crippen LogP contribution < -0.4 is 26.6 Å². The van der Waals surface area contributed by atoms with Crippen LogP contribution in [-0.4, -0.2) is 76.0 Å². The maximum Gasteiger partial charge on any atom is 0.338 e. The highest BCUT2D eigenvalue weighted by atomic mass is 19.2. The van der Waals surface area contributed by atoms with E-state index in [9.17, 15) is 23.2 Å². The molecule has 0 aromatic heterocycles. The van der Waals surface area contributed by atoms with Crippen molar-refractivity contribution >= 4 is 29.4 Å². The molecule has 2 aromatic carbocycles. The summed E-state index contributed by atoms with van der Waals surface area (Å²) >= 11 is 0. The lowest BCUT2D eigenvalue weighted by Crippen LogP contribution is -2.56. The highest BCUT2D eigenvalue weighted by Gasteiger charge is 2.43. The van der Waals surface area contributed by atoms with Crippen LogP contribution in [0.1, 0.15) is 24.4 Å². The summed E-state index contributed by atoms with van der Waals surface area (Å²) in [5.74, 6) is -3.18. The van der Waals surface area contributed by atoms with Gasteiger partial charge in [0.25, 0.3) is 0 Å². The number of urea groups is 2. The molecule has 0 aliphatic carbocycles. The Kier molecular flexibility index (Phi) is 9.73. The molecule has 5 N–H and O–H groups in total. The second kappa shape index (κ2) is 13.4. The van der Waals surface area contributed by atoms with Crippen LogP contribution in [0.25, 0.3) is 0 Å². The number of benzene rings is 2. The van der Waals surface area contributed by atoms with Crippen molar-refractivity contribution in [2.45, 2.75) is 24.9 Å². The van der Waals surface area contributed by atoms with Crippen LogP contribution in [0.5, 0.6) is 0 Å². The molecule has 41 heavy (non-hydrogen) atoms. The van der Waals surface area contributed by atoms with Crippen LogP contribution in [0, 0.1) is 11.6 Å². The zero-order valence-corrected chi connectivity index (χ0v) is 22.9. The van der Waals surface area contributed by atoms with E-state index in [1.807, 2.05) is 24.3 Å². The first-order valence-electron chi connectivity index (χ1n) is 13.2. The molecule has 4 amide bonds. The fourth-order valence-electron chi connectivity index (χ4n) is 5.11. The number of hydrogen-bond acceptors (Lipinski definition) is 8. The van der Waals surface area contributed by atoms with Crippen LogP contribution in [0.4, 0.5) is 29.7 Å². The van der Waals surface area contributed by atoms with Gasteiger partial charge in [-0.2, -0.15) is 0 Å². The van der Waals surface area contributed by atoms with Crippen molar-refractivity contribution in [3.05, 3.63) is 70.9 Å². The molecule has 0 bridgehead atoms. The Hall–Kier alpha value is -4.23. The number of ether oxygens (including phenoxy) is 2. The lowest BCUT2D eigenvalue weighted by Gasteiger charge is -2.37. The number of amides is 4. The number of carbonyl (C=O) groups excluding carboxylic acids is 3. The molecular formula is C28H34F2N6O5. The predicted octanol–water partition coefficient (Wildman–Crippen LogP) is 2.66. The van der Waals surface area contributed by atoms with E-state index in [0.717, 1.165) is 61.4 Å². The van der Waals surface area contributed by atoms with Crippen LogP contribution in [0.2, 0.25) is 0 Å². The van der Waals surface area contributed by atoms with Crippen molar-refractivity contribution in [2.24, 2.45) is 0 Å². The SMILES string of the molecule is COCC1=C(C(=O)OC)C(c2ccc(F)c(F)c2)N(C(=O)NCCNC2CCN(c3ccccc3N)CC2)C(=O)N1. The largest absolute Gasteiger partial charge is 0.466 e. The Morgan fingerprint density at radius 2 is 1.80 bits per heavy atom. The first-order chi connectivity index (χ1) is 19.7. The summed E-state index contributed by atoms with van der Waals surface area (Å²) in [6.07, 6.45) is 1.76. The minimum atomic E-state index is -1.39. The van der Waals surface area contributed by atoms with Gasteiger partial charge in [0.2, 0.25) is 0 Å². The van der Waals surface area contributed by atoms with Gasteiger partial charge in [0.1, 0.15) is 6.04 Å². The van der Waals surface area contributed by atoms with Gasteiger partial charge < -0.3 is 36.1 Å². The van der Waals surface area contributed by atoms with Gasteiger partial charge in [0.15, 0.2) is 11.6 Å². The molecule has 0 saturated carbocycles. The number of nitrogens with one attached hydrogen (secondary N) is 3. The maximum absolute atomic E-state index is 14.2. The van der Waals surface area contributed by atoms with Crippen LogP contribution in [-0.2, 0) is 14.3 Å². The number of esters is 1. The zero-order valence-electron chi connectivity index (χ0n) is 22.9. The van der Waals surface area contributed by atoms with Gasteiger partial charge in [-0.1, -0.05) is 18.2 Å². The Labute approximate surface area is 236 Å². The number of nitrogens with zero attached hydrogens (tertiary/aromatic N) is 2. The number of methoxy groups -OCH3 is 2. The molecule has 0 spiro atoms. The fraction of sp³-hybridized carbons (Fsp3) is 0.393. The van der Waals surface area contributed by atoms with E-state index in [1.54, 1.807) is 0 Å². The van der Waals surface area contributed by atoms with Crippen LogP contribution >= 0.6 is 0 Å². The molecule has 2 aromatic rings. The Morgan fingerprint density at radius 1 is 1.07 bits per heavy atom. The Balaban J connectivity index is 1.42. The standard InChI is InChI=1S/C28H34F2N6O5/c1-40-16-22-24(26(37)41-2)25(17-7-8-19(29)20(30)15-17)36(28(39)34-22)27(38)33-12-11-32-18-9-13-35(14-10-18)23-6-4-3-5-21(23)31/h3-8,15,18,25,32H,9-14,16,31H2,1-2H3,(H,33,38)(H,34,39). The number of hydrogen-bond donors (Lipinski definition) is 4. The number of halogens is 2. The van der Waals surface area contributed by atoms with Gasteiger partial charge in [-0.25, -0.2) is 28.1 Å². The lowest BCUT2D eigenvalue weighted by molar-refractivity contribution is -0.137. The number of carbonyl (C=O) groups is 3. The van der Waals surface area contributed by atoms with Gasteiger partial charge in [-0.05, 0) is 42.7 Å². The van der Waals surface area contributed by atoms with Crippen molar-refractivity contribution in [1.82, 2.24) is 20.9 Å². The number of para-hydroxylation sites is 2. The topological polar surface area (TPSA) is 138 Å². The summed E-state index contributed by atoms with van der Waals surface area (Å²) < 4.78 is 37.9. The van der Waals surface area contributed by atoms with E-state index < -0.39 is 35.7 Å². The molecule has 4 rings (SSSR count). The summed E-state index contributed by atoms with van der Waals surface area (Å²) in [5.41, 5.74) is 7.77. The highest BCUT2D eigenvalue weighted by molar-refractivity contribution is 6.01. The average molecular weight is 573 g/mol. The highest BCUT2D eigenvalue weighted by Crippen LogP contribution is 2.35. The third-order valence-electron chi connectivity index (χ3n) is 7.11. The minimum absolute atomic E-state index is 0.00633. The second-order valence-corrected chi connectivity index (χ2v) is 9.70. The minimum Gasteiger partial charge on any atom is -0.466 e. The van der Waals surface area contributed by atoms with E-state index in [1.165, 1.54) is 13.2 Å². The van der Waals surface area contributed by atoms with E-state index in [4.69, 9.17) is 15.2 Å². The first kappa shape index (κ1) is 29.7. The number of anilines is 2. The maximum atomic E-state index is 14.2. The first-order valence-corrected chi connectivity index (χ1v) is 13.2. The number of imide groups is 1. The molecule has 1 saturated heterocycles. The molecule has 2 heterocycles. The molecule has 1 atom stereocenters. The van der Waals surface area contributed by atoms with E-state index in [0.29, 0.717) is 6.54 Å². The normalized spacial score (nSPS) is 17.9. The van der Waals surface area contributed by atoms with Gasteiger partial charge in [0, 0.05) is 39.3 Å². The van der Waals surface area contributed by atoms with E-state index in [-0.39, 0.29) is 36.0 Å². The number of nitrogens with two attached hydrogens (primary N) is 1. The van der Waals surface area contributed by atoms with Gasteiger partial charge >= 0.3 is 18.0 Å². The van der Waals surface area contributed by atoms with E-state index >= 15 is 0 Å². The molecule has 1 fully saturated rings. The number of piperidine rings is 1. The molecule has 2 aliphatic rings. The Morgan fingerprint density at radius 3 is 2.46 bits per heavy atom. The third kappa shape index (κ3) is 6.74. The summed E-state index contributed by atoms with van der Waals surface area (Å²) in [4.78, 5) is 42.2. The van der Waals surface area contributed by atoms with Crippen molar-refractivity contribution in [3.8, 4) is 0 Å². The van der Waals surface area contributed by atoms with Gasteiger partial charge in [0.05, 0.1) is 36.4 Å². The van der Waals surface area contributed by atoms with Gasteiger partial charge in [-0.3, -0.25) is 0 Å². The van der Waals surface area contributed by atoms with E-state index in [2.05, 4.69) is 20.9 Å². The predicted molar refractivity (Wildman–Crippen MR) is 148 cm³/mol. The number of nitrogen functional groups attached to an aromatic ring is 1. The average Bonchev–Trinajstić information content (AvgIpc) is 2.97. The van der Waals surface area contributed by atoms with Crippen molar-refractivity contribution in [2.75, 3.05) is 57.6 Å². The summed E-state index contributed by atoms with van der Waals surface area (Å²) in [5, 5.41) is 8.57. The van der Waals surface area contributed by atoms with Crippen LogP contribution in [0.3, 0.4) is 0 Å².